The second-order valence-corrected chi connectivity index (χ2v) is 10.6. The molecule has 2 saturated heterocycles. The Morgan fingerprint density at radius 1 is 1.28 bits per heavy atom. The average Bonchev–Trinajstić information content (AvgIpc) is 2.91. The van der Waals surface area contributed by atoms with Crippen LogP contribution in [0.3, 0.4) is 0 Å². The maximum Gasteiger partial charge on any atom is 0.397 e. The second-order valence-electron chi connectivity index (χ2n) is 6.42. The highest BCUT2D eigenvalue weighted by molar-refractivity contribution is 7.92. The number of sulfone groups is 1. The van der Waals surface area contributed by atoms with Gasteiger partial charge in [-0.2, -0.15) is 22.6 Å². The van der Waals surface area contributed by atoms with Gasteiger partial charge in [0, 0.05) is 13.1 Å². The van der Waals surface area contributed by atoms with Crippen LogP contribution in [0.4, 0.5) is 13.2 Å². The Labute approximate surface area is 143 Å². The van der Waals surface area contributed by atoms with E-state index in [4.69, 9.17) is 0 Å². The Morgan fingerprint density at radius 2 is 1.96 bits per heavy atom. The summed E-state index contributed by atoms with van der Waals surface area (Å²) in [6.45, 7) is -0.0585. The summed E-state index contributed by atoms with van der Waals surface area (Å²) in [4.78, 5) is 0. The van der Waals surface area contributed by atoms with Crippen LogP contribution < -0.4 is 0 Å². The molecule has 0 N–H and O–H groups in total. The van der Waals surface area contributed by atoms with Crippen LogP contribution in [0.2, 0.25) is 0 Å². The van der Waals surface area contributed by atoms with Gasteiger partial charge < -0.3 is 0 Å². The van der Waals surface area contributed by atoms with Gasteiger partial charge in [-0.05, 0) is 31.9 Å². The van der Waals surface area contributed by atoms with Crippen molar-refractivity contribution in [2.75, 3.05) is 18.8 Å². The number of nitrogens with zero attached hydrogens (tertiary/aromatic N) is 3. The van der Waals surface area contributed by atoms with Crippen LogP contribution in [0.5, 0.6) is 0 Å². The molecule has 0 spiro atoms. The molecule has 7 nitrogen and oxygen atoms in total. The molecule has 0 unspecified atom stereocenters. The van der Waals surface area contributed by atoms with Crippen molar-refractivity contribution in [1.29, 1.82) is 0 Å². The van der Waals surface area contributed by atoms with Crippen LogP contribution in [0.15, 0.2) is 17.2 Å². The molecule has 2 aliphatic rings. The fourth-order valence-corrected chi connectivity index (χ4v) is 7.26. The maximum absolute atomic E-state index is 13.7. The zero-order valence-corrected chi connectivity index (χ0v) is 14.8. The highest BCUT2D eigenvalue weighted by atomic mass is 32.2. The summed E-state index contributed by atoms with van der Waals surface area (Å²) in [7, 11) is -8.41. The van der Waals surface area contributed by atoms with Gasteiger partial charge in [0.15, 0.2) is 14.9 Å². The first-order chi connectivity index (χ1) is 11.4. The number of aryl methyl sites for hydroxylation is 1. The van der Waals surface area contributed by atoms with E-state index in [-0.39, 0.29) is 12.2 Å². The lowest BCUT2D eigenvalue weighted by molar-refractivity contribution is -0.220. The minimum Gasteiger partial charge on any atom is -0.228 e. The van der Waals surface area contributed by atoms with Crippen molar-refractivity contribution >= 4 is 19.9 Å². The molecular weight excluding hydrogens is 383 g/mol. The summed E-state index contributed by atoms with van der Waals surface area (Å²) in [5, 5.41) is 4.84. The minimum atomic E-state index is -4.83. The van der Waals surface area contributed by atoms with Crippen LogP contribution in [-0.4, -0.2) is 61.6 Å². The monoisotopic (exact) mass is 399 g/mol. The van der Waals surface area contributed by atoms with Gasteiger partial charge >= 0.3 is 6.18 Å². The third-order valence-corrected chi connectivity index (χ3v) is 8.90. The predicted octanol–water partition coefficient (Wildman–Crippen LogP) is 0.915. The molecule has 0 radical (unpaired) electrons. The van der Waals surface area contributed by atoms with Crippen molar-refractivity contribution in [3.05, 3.63) is 17.8 Å². The third-order valence-electron chi connectivity index (χ3n) is 4.87. The first-order valence-corrected chi connectivity index (χ1v) is 10.6. The average molecular weight is 399 g/mol. The van der Waals surface area contributed by atoms with Gasteiger partial charge in [-0.3, -0.25) is 0 Å². The second kappa shape index (κ2) is 5.61. The first kappa shape index (κ1) is 18.5. The van der Waals surface area contributed by atoms with E-state index in [9.17, 15) is 30.0 Å². The molecule has 3 heterocycles. The molecule has 140 valence electrons. The van der Waals surface area contributed by atoms with Crippen LogP contribution in [0.25, 0.3) is 0 Å². The fourth-order valence-electron chi connectivity index (χ4n) is 3.52. The van der Waals surface area contributed by atoms with Crippen molar-refractivity contribution < 1.29 is 30.0 Å². The van der Waals surface area contributed by atoms with E-state index >= 15 is 0 Å². The lowest BCUT2D eigenvalue weighted by Crippen LogP contribution is -2.53. The highest BCUT2D eigenvalue weighted by Gasteiger charge is 2.69. The van der Waals surface area contributed by atoms with Crippen molar-refractivity contribution in [1.82, 2.24) is 14.5 Å². The summed E-state index contributed by atoms with van der Waals surface area (Å²) in [6, 6.07) is 2.52. The molecule has 3 rings (SSSR count). The van der Waals surface area contributed by atoms with Gasteiger partial charge in [-0.1, -0.05) is 0 Å². The van der Waals surface area contributed by atoms with Gasteiger partial charge in [0.2, 0.25) is 0 Å². The fraction of sp³-hybridized carbons (Fsp3) is 0.692. The Morgan fingerprint density at radius 3 is 2.48 bits per heavy atom. The molecule has 0 bridgehead atoms. The lowest BCUT2D eigenvalue weighted by Gasteiger charge is -2.39. The number of rotatable bonds is 2. The van der Waals surface area contributed by atoms with Crippen molar-refractivity contribution in [2.24, 2.45) is 5.41 Å². The largest absolute Gasteiger partial charge is 0.397 e. The number of sulfonamides is 1. The van der Waals surface area contributed by atoms with Gasteiger partial charge in [0.05, 0.1) is 22.1 Å². The van der Waals surface area contributed by atoms with E-state index in [1.54, 1.807) is 6.92 Å². The van der Waals surface area contributed by atoms with Gasteiger partial charge in [-0.25, -0.2) is 16.8 Å². The van der Waals surface area contributed by atoms with Gasteiger partial charge in [0.1, 0.15) is 0 Å². The number of alkyl halides is 3. The van der Waals surface area contributed by atoms with Crippen LogP contribution in [0, 0.1) is 12.3 Å². The molecule has 0 aliphatic carbocycles. The normalized spacial score (nSPS) is 30.2. The Balaban J connectivity index is 2.05. The Kier molecular flexibility index (Phi) is 4.16. The molecule has 0 saturated carbocycles. The SMILES string of the molecule is Cc1ccc(S(=O)(=O)N2C[C@@H]3[C@@](C(F)(F)F)(CCCS3(=O)=O)C2)nn1. The predicted molar refractivity (Wildman–Crippen MR) is 80.8 cm³/mol. The maximum atomic E-state index is 13.7. The molecule has 25 heavy (non-hydrogen) atoms. The number of hydrogen-bond acceptors (Lipinski definition) is 6. The number of aromatic nitrogens is 2. The summed E-state index contributed by atoms with van der Waals surface area (Å²) in [5.41, 5.74) is -2.13. The molecular formula is C13H16F3N3O4S2. The molecule has 1 aromatic heterocycles. The van der Waals surface area contributed by atoms with Crippen molar-refractivity contribution in [2.45, 2.75) is 36.2 Å². The first-order valence-electron chi connectivity index (χ1n) is 7.49. The highest BCUT2D eigenvalue weighted by Crippen LogP contribution is 2.54. The van der Waals surface area contributed by atoms with E-state index in [0.717, 1.165) is 6.07 Å². The Hall–Kier alpha value is -1.27. The third kappa shape index (κ3) is 2.83. The molecule has 2 atom stereocenters. The number of halogens is 3. The van der Waals surface area contributed by atoms with Crippen LogP contribution in [-0.2, 0) is 19.9 Å². The summed E-state index contributed by atoms with van der Waals surface area (Å²) < 4.78 is 91.5. The molecule has 1 aromatic rings. The van der Waals surface area contributed by atoms with Gasteiger partial charge in [-0.15, -0.1) is 5.10 Å². The van der Waals surface area contributed by atoms with Crippen LogP contribution >= 0.6 is 0 Å². The molecule has 0 amide bonds. The van der Waals surface area contributed by atoms with Crippen LogP contribution in [0.1, 0.15) is 18.5 Å². The Bertz CT molecular complexity index is 884. The summed E-state index contributed by atoms with van der Waals surface area (Å²) >= 11 is 0. The summed E-state index contributed by atoms with van der Waals surface area (Å²) in [6.07, 6.45) is -5.38. The van der Waals surface area contributed by atoms with E-state index in [0.29, 0.717) is 10.00 Å². The lowest BCUT2D eigenvalue weighted by atomic mass is 9.81. The number of fused-ring (bicyclic) bond motifs is 1. The minimum absolute atomic E-state index is 0.142. The van der Waals surface area contributed by atoms with E-state index in [2.05, 4.69) is 10.2 Å². The van der Waals surface area contributed by atoms with Crippen molar-refractivity contribution in [3.63, 3.8) is 0 Å². The zero-order valence-electron chi connectivity index (χ0n) is 13.2. The molecule has 12 heteroatoms. The topological polar surface area (TPSA) is 97.3 Å². The standard InChI is InChI=1S/C13H16F3N3O4S2/c1-9-3-4-11(18-17-9)25(22,23)19-7-10-12(8-19,13(14,15)16)5-2-6-24(10,20)21/h3-4,10H,2,5-8H2,1H3/t10-,12-/m1/s1. The molecule has 2 aliphatic heterocycles. The number of hydrogen-bond donors (Lipinski definition) is 0. The van der Waals surface area contributed by atoms with Crippen molar-refractivity contribution in [3.8, 4) is 0 Å². The smallest absolute Gasteiger partial charge is 0.228 e. The van der Waals surface area contributed by atoms with E-state index in [1.807, 2.05) is 0 Å². The zero-order chi connectivity index (χ0) is 18.7. The van der Waals surface area contributed by atoms with E-state index < -0.39 is 61.2 Å². The summed E-state index contributed by atoms with van der Waals surface area (Å²) in [5.74, 6) is -0.367. The molecule has 2 fully saturated rings. The van der Waals surface area contributed by atoms with E-state index in [1.165, 1.54) is 6.07 Å². The van der Waals surface area contributed by atoms with Gasteiger partial charge in [0.25, 0.3) is 10.0 Å². The quantitative estimate of drug-likeness (QED) is 0.734. The molecule has 0 aromatic carbocycles.